The van der Waals surface area contributed by atoms with E-state index >= 15 is 0 Å². The van der Waals surface area contributed by atoms with E-state index in [1.807, 2.05) is 56.3 Å². The van der Waals surface area contributed by atoms with Gasteiger partial charge in [0.05, 0.1) is 6.42 Å². The molecule has 0 radical (unpaired) electrons. The molecule has 5 heteroatoms. The summed E-state index contributed by atoms with van der Waals surface area (Å²) in [6, 6.07) is 15.1. The number of aryl methyl sites for hydroxylation is 1. The van der Waals surface area contributed by atoms with Crippen molar-refractivity contribution in [1.82, 2.24) is 10.2 Å². The molecule has 2 amide bonds. The minimum absolute atomic E-state index is 0.0668. The predicted molar refractivity (Wildman–Crippen MR) is 117 cm³/mol. The van der Waals surface area contributed by atoms with Crippen LogP contribution < -0.4 is 5.32 Å². The van der Waals surface area contributed by atoms with Crippen molar-refractivity contribution in [3.63, 3.8) is 0 Å². The number of carbonyl (C=O) groups is 2. The predicted octanol–water partition coefficient (Wildman–Crippen LogP) is 4.67. The summed E-state index contributed by atoms with van der Waals surface area (Å²) < 4.78 is 0. The number of benzene rings is 2. The van der Waals surface area contributed by atoms with Gasteiger partial charge in [-0.05, 0) is 49.9 Å². The second-order valence-corrected chi connectivity index (χ2v) is 8.42. The molecule has 1 saturated carbocycles. The van der Waals surface area contributed by atoms with Crippen molar-refractivity contribution in [3.05, 3.63) is 70.2 Å². The van der Waals surface area contributed by atoms with Gasteiger partial charge < -0.3 is 10.2 Å². The van der Waals surface area contributed by atoms with Crippen LogP contribution >= 0.6 is 11.6 Å². The highest BCUT2D eigenvalue weighted by molar-refractivity contribution is 6.30. The quantitative estimate of drug-likeness (QED) is 0.718. The molecule has 0 aromatic heterocycles. The Bertz CT molecular complexity index is 844. The summed E-state index contributed by atoms with van der Waals surface area (Å²) in [4.78, 5) is 27.7. The molecule has 154 valence electrons. The Labute approximate surface area is 178 Å². The molecule has 1 N–H and O–H groups in total. The lowest BCUT2D eigenvalue weighted by Gasteiger charge is -2.30. The molecule has 2 aromatic carbocycles. The maximum absolute atomic E-state index is 13.2. The molecule has 0 heterocycles. The Balaban J connectivity index is 1.76. The third-order valence-electron chi connectivity index (χ3n) is 5.59. The normalized spacial score (nSPS) is 15.1. The van der Waals surface area contributed by atoms with Crippen molar-refractivity contribution in [3.8, 4) is 0 Å². The third-order valence-corrected chi connectivity index (χ3v) is 5.82. The van der Waals surface area contributed by atoms with E-state index in [1.54, 1.807) is 11.0 Å². The summed E-state index contributed by atoms with van der Waals surface area (Å²) in [5.41, 5.74) is 3.01. The van der Waals surface area contributed by atoms with E-state index in [1.165, 1.54) is 0 Å². The fourth-order valence-corrected chi connectivity index (χ4v) is 4.00. The summed E-state index contributed by atoms with van der Waals surface area (Å²) >= 11 is 6.13. The number of nitrogens with one attached hydrogen (secondary N) is 1. The van der Waals surface area contributed by atoms with E-state index in [-0.39, 0.29) is 24.3 Å². The molecular formula is C24H29ClN2O2. The maximum atomic E-state index is 13.2. The zero-order chi connectivity index (χ0) is 20.8. The van der Waals surface area contributed by atoms with Gasteiger partial charge in [-0.3, -0.25) is 9.59 Å². The van der Waals surface area contributed by atoms with Gasteiger partial charge >= 0.3 is 0 Å². The SMILES string of the molecule is Cc1ccc(CC(=O)N(Cc2cccc(Cl)c2)[C@@H](C)C(=O)NC2CCCC2)cc1. The number of halogens is 1. The van der Waals surface area contributed by atoms with E-state index in [9.17, 15) is 9.59 Å². The number of amides is 2. The first-order valence-corrected chi connectivity index (χ1v) is 10.7. The van der Waals surface area contributed by atoms with Gasteiger partial charge in [-0.15, -0.1) is 0 Å². The van der Waals surface area contributed by atoms with E-state index in [0.717, 1.165) is 42.4 Å². The van der Waals surface area contributed by atoms with Gasteiger partial charge in [0, 0.05) is 17.6 Å². The van der Waals surface area contributed by atoms with Crippen molar-refractivity contribution >= 4 is 23.4 Å². The molecule has 29 heavy (non-hydrogen) atoms. The Kier molecular flexibility index (Phi) is 7.32. The standard InChI is InChI=1S/C24H29ClN2O2/c1-17-10-12-19(13-11-17)15-23(28)27(16-20-6-5-7-21(25)14-20)18(2)24(29)26-22-8-3-4-9-22/h5-7,10-14,18,22H,3-4,8-9,15-16H2,1-2H3,(H,26,29)/t18-/m0/s1. The average Bonchev–Trinajstić information content (AvgIpc) is 3.20. The lowest BCUT2D eigenvalue weighted by molar-refractivity contribution is -0.140. The fourth-order valence-electron chi connectivity index (χ4n) is 3.79. The third kappa shape index (κ3) is 6.07. The zero-order valence-electron chi connectivity index (χ0n) is 17.2. The second-order valence-electron chi connectivity index (χ2n) is 7.98. The first-order chi connectivity index (χ1) is 13.9. The molecule has 0 unspecified atom stereocenters. The van der Waals surface area contributed by atoms with Crippen LogP contribution in [0, 0.1) is 6.92 Å². The van der Waals surface area contributed by atoms with Crippen LogP contribution in [0.3, 0.4) is 0 Å². The minimum Gasteiger partial charge on any atom is -0.352 e. The summed E-state index contributed by atoms with van der Waals surface area (Å²) in [5.74, 6) is -0.154. The van der Waals surface area contributed by atoms with Crippen LogP contribution in [-0.2, 0) is 22.6 Å². The fraction of sp³-hybridized carbons (Fsp3) is 0.417. The van der Waals surface area contributed by atoms with Gasteiger partial charge in [0.15, 0.2) is 0 Å². The van der Waals surface area contributed by atoms with Crippen molar-refractivity contribution in [2.75, 3.05) is 0 Å². The van der Waals surface area contributed by atoms with Gasteiger partial charge in [-0.2, -0.15) is 0 Å². The smallest absolute Gasteiger partial charge is 0.242 e. The van der Waals surface area contributed by atoms with Crippen LogP contribution in [0.2, 0.25) is 5.02 Å². The molecule has 3 rings (SSSR count). The number of rotatable bonds is 7. The molecule has 0 bridgehead atoms. The van der Waals surface area contributed by atoms with Crippen LogP contribution in [-0.4, -0.2) is 28.8 Å². The second kappa shape index (κ2) is 9.93. The number of hydrogen-bond acceptors (Lipinski definition) is 2. The number of nitrogens with zero attached hydrogens (tertiary/aromatic N) is 1. The van der Waals surface area contributed by atoms with Crippen molar-refractivity contribution < 1.29 is 9.59 Å². The van der Waals surface area contributed by atoms with Gasteiger partial charge in [-0.1, -0.05) is 66.4 Å². The lowest BCUT2D eigenvalue weighted by atomic mass is 10.1. The molecule has 1 fully saturated rings. The Morgan fingerprint density at radius 2 is 1.79 bits per heavy atom. The highest BCUT2D eigenvalue weighted by atomic mass is 35.5. The van der Waals surface area contributed by atoms with E-state index in [0.29, 0.717) is 11.6 Å². The van der Waals surface area contributed by atoms with E-state index < -0.39 is 6.04 Å². The monoisotopic (exact) mass is 412 g/mol. The summed E-state index contributed by atoms with van der Waals surface area (Å²) in [7, 11) is 0. The van der Waals surface area contributed by atoms with Crippen LogP contribution in [0.1, 0.15) is 49.3 Å². The van der Waals surface area contributed by atoms with Crippen molar-refractivity contribution in [2.45, 2.75) is 64.6 Å². The molecule has 0 spiro atoms. The van der Waals surface area contributed by atoms with E-state index in [4.69, 9.17) is 11.6 Å². The summed E-state index contributed by atoms with van der Waals surface area (Å²) in [5, 5.41) is 3.75. The molecule has 1 aliphatic carbocycles. The molecule has 0 saturated heterocycles. The Morgan fingerprint density at radius 1 is 1.10 bits per heavy atom. The van der Waals surface area contributed by atoms with Crippen molar-refractivity contribution in [1.29, 1.82) is 0 Å². The largest absolute Gasteiger partial charge is 0.352 e. The molecule has 4 nitrogen and oxygen atoms in total. The highest BCUT2D eigenvalue weighted by Crippen LogP contribution is 2.19. The number of carbonyl (C=O) groups excluding carboxylic acids is 2. The van der Waals surface area contributed by atoms with Gasteiger partial charge in [0.1, 0.15) is 6.04 Å². The highest BCUT2D eigenvalue weighted by Gasteiger charge is 2.28. The lowest BCUT2D eigenvalue weighted by Crippen LogP contribution is -2.50. The molecule has 2 aromatic rings. The molecular weight excluding hydrogens is 384 g/mol. The van der Waals surface area contributed by atoms with Gasteiger partial charge in [0.2, 0.25) is 11.8 Å². The zero-order valence-corrected chi connectivity index (χ0v) is 17.9. The first-order valence-electron chi connectivity index (χ1n) is 10.3. The van der Waals surface area contributed by atoms with Crippen LogP contribution in [0.4, 0.5) is 0 Å². The topological polar surface area (TPSA) is 49.4 Å². The maximum Gasteiger partial charge on any atom is 0.242 e. The Morgan fingerprint density at radius 3 is 2.45 bits per heavy atom. The molecule has 1 atom stereocenters. The summed E-state index contributed by atoms with van der Waals surface area (Å²) in [6.07, 6.45) is 4.60. The van der Waals surface area contributed by atoms with Crippen LogP contribution in [0.25, 0.3) is 0 Å². The molecule has 1 aliphatic rings. The Hall–Kier alpha value is -2.33. The van der Waals surface area contributed by atoms with Crippen LogP contribution in [0.5, 0.6) is 0 Å². The number of hydrogen-bond donors (Lipinski definition) is 1. The molecule has 0 aliphatic heterocycles. The van der Waals surface area contributed by atoms with E-state index in [2.05, 4.69) is 5.32 Å². The first kappa shape index (κ1) is 21.4. The summed E-state index contributed by atoms with van der Waals surface area (Å²) in [6.45, 7) is 4.18. The van der Waals surface area contributed by atoms with Crippen LogP contribution in [0.15, 0.2) is 48.5 Å². The van der Waals surface area contributed by atoms with Gasteiger partial charge in [-0.25, -0.2) is 0 Å². The van der Waals surface area contributed by atoms with Crippen molar-refractivity contribution in [2.24, 2.45) is 0 Å². The minimum atomic E-state index is -0.549. The average molecular weight is 413 g/mol. The van der Waals surface area contributed by atoms with Gasteiger partial charge in [0.25, 0.3) is 0 Å².